The molecule has 0 aliphatic rings. The first-order valence-electron chi connectivity index (χ1n) is 6.61. The number of aromatic nitrogens is 2. The quantitative estimate of drug-likeness (QED) is 0.873. The van der Waals surface area contributed by atoms with Crippen LogP contribution in [-0.4, -0.2) is 16.3 Å². The Labute approximate surface area is 109 Å². The van der Waals surface area contributed by atoms with Gasteiger partial charge in [-0.1, -0.05) is 31.2 Å². The molecule has 0 amide bonds. The number of hydrogen-bond acceptors (Lipinski definition) is 2. The van der Waals surface area contributed by atoms with Crippen LogP contribution in [0.3, 0.4) is 0 Å². The molecule has 0 aliphatic heterocycles. The van der Waals surface area contributed by atoms with Crippen molar-refractivity contribution in [2.45, 2.75) is 33.4 Å². The van der Waals surface area contributed by atoms with E-state index >= 15 is 0 Å². The van der Waals surface area contributed by atoms with Crippen LogP contribution in [0.15, 0.2) is 36.7 Å². The first-order valence-corrected chi connectivity index (χ1v) is 6.61. The van der Waals surface area contributed by atoms with E-state index < -0.39 is 0 Å². The van der Waals surface area contributed by atoms with Crippen LogP contribution in [0.2, 0.25) is 0 Å². The molecular weight excluding hydrogens is 222 g/mol. The van der Waals surface area contributed by atoms with Gasteiger partial charge in [0.25, 0.3) is 0 Å². The van der Waals surface area contributed by atoms with Crippen LogP contribution < -0.4 is 5.32 Å². The maximum absolute atomic E-state index is 4.35. The summed E-state index contributed by atoms with van der Waals surface area (Å²) < 4.78 is 1.96. The number of nitrogens with zero attached hydrogens (tertiary/aromatic N) is 2. The van der Waals surface area contributed by atoms with Gasteiger partial charge < -0.3 is 5.32 Å². The predicted octanol–water partition coefficient (Wildman–Crippen LogP) is 3.24. The molecule has 0 bridgehead atoms. The summed E-state index contributed by atoms with van der Waals surface area (Å²) in [5.74, 6) is 0. The van der Waals surface area contributed by atoms with Crippen LogP contribution in [0, 0.1) is 0 Å². The van der Waals surface area contributed by atoms with E-state index in [0.29, 0.717) is 6.04 Å². The van der Waals surface area contributed by atoms with Crippen molar-refractivity contribution in [3.8, 4) is 11.1 Å². The lowest BCUT2D eigenvalue weighted by Gasteiger charge is -2.16. The molecule has 1 unspecified atom stereocenters. The second-order valence-electron chi connectivity index (χ2n) is 4.45. The van der Waals surface area contributed by atoms with E-state index in [1.54, 1.807) is 0 Å². The Hall–Kier alpha value is -1.61. The largest absolute Gasteiger partial charge is 0.310 e. The van der Waals surface area contributed by atoms with Crippen molar-refractivity contribution >= 4 is 0 Å². The molecule has 1 aromatic carbocycles. The molecular formula is C15H21N3. The zero-order chi connectivity index (χ0) is 13.0. The Morgan fingerprint density at radius 3 is 2.72 bits per heavy atom. The summed E-state index contributed by atoms with van der Waals surface area (Å²) in [4.78, 5) is 0. The monoisotopic (exact) mass is 243 g/mol. The fourth-order valence-electron chi connectivity index (χ4n) is 2.23. The van der Waals surface area contributed by atoms with Gasteiger partial charge in [-0.05, 0) is 31.5 Å². The molecule has 0 fully saturated rings. The molecule has 3 nitrogen and oxygen atoms in total. The fourth-order valence-corrected chi connectivity index (χ4v) is 2.23. The number of hydrogen-bond donors (Lipinski definition) is 1. The van der Waals surface area contributed by atoms with Gasteiger partial charge in [-0.15, -0.1) is 0 Å². The molecule has 2 rings (SSSR count). The highest BCUT2D eigenvalue weighted by atomic mass is 15.3. The average Bonchev–Trinajstić information content (AvgIpc) is 2.87. The molecule has 0 saturated heterocycles. The molecule has 3 heteroatoms. The minimum absolute atomic E-state index is 0.358. The van der Waals surface area contributed by atoms with Crippen LogP contribution >= 0.6 is 0 Å². The lowest BCUT2D eigenvalue weighted by atomic mass is 9.97. The number of nitrogens with one attached hydrogen (secondary N) is 1. The Morgan fingerprint density at radius 2 is 2.06 bits per heavy atom. The SMILES string of the molecule is CCNC(C)c1ccccc1-c1cnn(CC)c1. The lowest BCUT2D eigenvalue weighted by molar-refractivity contribution is 0.599. The molecule has 1 atom stereocenters. The minimum Gasteiger partial charge on any atom is -0.310 e. The summed E-state index contributed by atoms with van der Waals surface area (Å²) in [7, 11) is 0. The van der Waals surface area contributed by atoms with Crippen LogP contribution in [0.25, 0.3) is 11.1 Å². The summed E-state index contributed by atoms with van der Waals surface area (Å²) in [6.45, 7) is 8.32. The van der Waals surface area contributed by atoms with E-state index in [-0.39, 0.29) is 0 Å². The molecule has 1 aromatic heterocycles. The topological polar surface area (TPSA) is 29.9 Å². The Bertz CT molecular complexity index is 502. The van der Waals surface area contributed by atoms with E-state index in [9.17, 15) is 0 Å². The Balaban J connectivity index is 2.37. The van der Waals surface area contributed by atoms with E-state index in [1.807, 2.05) is 10.9 Å². The van der Waals surface area contributed by atoms with Gasteiger partial charge in [-0.3, -0.25) is 4.68 Å². The molecule has 96 valence electrons. The standard InChI is InChI=1S/C15H21N3/c1-4-16-12(3)14-8-6-7-9-15(14)13-10-17-18(5-2)11-13/h6-12,16H,4-5H2,1-3H3. The number of aryl methyl sites for hydroxylation is 1. The molecule has 1 heterocycles. The predicted molar refractivity (Wildman–Crippen MR) is 75.4 cm³/mol. The zero-order valence-corrected chi connectivity index (χ0v) is 11.4. The molecule has 0 radical (unpaired) electrons. The second kappa shape index (κ2) is 5.83. The molecule has 18 heavy (non-hydrogen) atoms. The van der Waals surface area contributed by atoms with Crippen molar-refractivity contribution in [2.24, 2.45) is 0 Å². The van der Waals surface area contributed by atoms with E-state index in [1.165, 1.54) is 16.7 Å². The smallest absolute Gasteiger partial charge is 0.0568 e. The van der Waals surface area contributed by atoms with E-state index in [0.717, 1.165) is 13.1 Å². The third-order valence-corrected chi connectivity index (χ3v) is 3.21. The van der Waals surface area contributed by atoms with Gasteiger partial charge in [0.15, 0.2) is 0 Å². The average molecular weight is 243 g/mol. The Morgan fingerprint density at radius 1 is 1.28 bits per heavy atom. The number of benzene rings is 1. The van der Waals surface area contributed by atoms with Gasteiger partial charge >= 0.3 is 0 Å². The third kappa shape index (κ3) is 2.62. The third-order valence-electron chi connectivity index (χ3n) is 3.21. The van der Waals surface area contributed by atoms with Crippen molar-refractivity contribution in [2.75, 3.05) is 6.54 Å². The molecule has 0 aliphatic carbocycles. The molecule has 0 spiro atoms. The van der Waals surface area contributed by atoms with Crippen molar-refractivity contribution in [3.63, 3.8) is 0 Å². The van der Waals surface area contributed by atoms with Crippen molar-refractivity contribution in [1.82, 2.24) is 15.1 Å². The van der Waals surface area contributed by atoms with Gasteiger partial charge in [0.1, 0.15) is 0 Å². The normalized spacial score (nSPS) is 12.6. The summed E-state index contributed by atoms with van der Waals surface area (Å²) in [5, 5.41) is 7.82. The minimum atomic E-state index is 0.358. The van der Waals surface area contributed by atoms with Crippen LogP contribution in [-0.2, 0) is 6.54 Å². The highest BCUT2D eigenvalue weighted by molar-refractivity contribution is 5.66. The van der Waals surface area contributed by atoms with Gasteiger partial charge in [0.2, 0.25) is 0 Å². The highest BCUT2D eigenvalue weighted by Gasteiger charge is 2.11. The van der Waals surface area contributed by atoms with Crippen LogP contribution in [0.1, 0.15) is 32.4 Å². The maximum atomic E-state index is 4.35. The van der Waals surface area contributed by atoms with Crippen LogP contribution in [0.4, 0.5) is 0 Å². The molecule has 2 aromatic rings. The van der Waals surface area contributed by atoms with Crippen molar-refractivity contribution in [3.05, 3.63) is 42.2 Å². The van der Waals surface area contributed by atoms with E-state index in [4.69, 9.17) is 0 Å². The summed E-state index contributed by atoms with van der Waals surface area (Å²) >= 11 is 0. The Kier molecular flexibility index (Phi) is 4.15. The first-order chi connectivity index (χ1) is 8.76. The summed E-state index contributed by atoms with van der Waals surface area (Å²) in [5.41, 5.74) is 3.79. The van der Waals surface area contributed by atoms with Crippen molar-refractivity contribution < 1.29 is 0 Å². The number of rotatable bonds is 5. The molecule has 0 saturated carbocycles. The first kappa shape index (κ1) is 12.8. The highest BCUT2D eigenvalue weighted by Crippen LogP contribution is 2.27. The zero-order valence-electron chi connectivity index (χ0n) is 11.4. The second-order valence-corrected chi connectivity index (χ2v) is 4.45. The van der Waals surface area contributed by atoms with E-state index in [2.05, 4.69) is 61.6 Å². The summed E-state index contributed by atoms with van der Waals surface area (Å²) in [6.07, 6.45) is 4.05. The van der Waals surface area contributed by atoms with Crippen molar-refractivity contribution in [1.29, 1.82) is 0 Å². The summed E-state index contributed by atoms with van der Waals surface area (Å²) in [6, 6.07) is 8.89. The van der Waals surface area contributed by atoms with Gasteiger partial charge in [0, 0.05) is 24.3 Å². The van der Waals surface area contributed by atoms with Crippen LogP contribution in [0.5, 0.6) is 0 Å². The van der Waals surface area contributed by atoms with Gasteiger partial charge in [0.05, 0.1) is 6.20 Å². The van der Waals surface area contributed by atoms with Gasteiger partial charge in [-0.25, -0.2) is 0 Å². The lowest BCUT2D eigenvalue weighted by Crippen LogP contribution is -2.18. The fraction of sp³-hybridized carbons (Fsp3) is 0.400. The van der Waals surface area contributed by atoms with Gasteiger partial charge in [-0.2, -0.15) is 5.10 Å². The molecule has 1 N–H and O–H groups in total. The maximum Gasteiger partial charge on any atom is 0.0568 e.